The highest BCUT2D eigenvalue weighted by molar-refractivity contribution is 5.83. The van der Waals surface area contributed by atoms with E-state index in [9.17, 15) is 14.4 Å². The van der Waals surface area contributed by atoms with Crippen LogP contribution in [0.4, 0.5) is 4.79 Å². The summed E-state index contributed by atoms with van der Waals surface area (Å²) in [5, 5.41) is 2.57. The Balaban J connectivity index is 1.40. The van der Waals surface area contributed by atoms with Crippen LogP contribution in [0.5, 0.6) is 0 Å². The summed E-state index contributed by atoms with van der Waals surface area (Å²) in [6, 6.07) is 24.3. The number of carbonyl (C=O) groups excluding carboxylic acids is 3. The zero-order valence-corrected chi connectivity index (χ0v) is 21.9. The van der Waals surface area contributed by atoms with Crippen LogP contribution in [-0.4, -0.2) is 36.3 Å². The highest BCUT2D eigenvalue weighted by atomic mass is 16.6. The Kier molecular flexibility index (Phi) is 8.46. The molecule has 7 heteroatoms. The monoisotopic (exact) mass is 515 g/mol. The largest absolute Gasteiger partial charge is 0.463 e. The summed E-state index contributed by atoms with van der Waals surface area (Å²) in [5.41, 5.74) is 4.53. The Morgan fingerprint density at radius 2 is 1.39 bits per heavy atom. The van der Waals surface area contributed by atoms with Crippen LogP contribution in [0, 0.1) is 0 Å². The summed E-state index contributed by atoms with van der Waals surface area (Å²) < 4.78 is 16.4. The van der Waals surface area contributed by atoms with Gasteiger partial charge in [0.05, 0.1) is 0 Å². The number of nitrogens with one attached hydrogen (secondary N) is 1. The first kappa shape index (κ1) is 26.9. The number of carbonyl (C=O) groups is 3. The molecule has 198 valence electrons. The Morgan fingerprint density at radius 1 is 0.816 bits per heavy atom. The molecule has 1 atom stereocenters. The second-order valence-corrected chi connectivity index (χ2v) is 10.2. The molecule has 3 aromatic rings. The summed E-state index contributed by atoms with van der Waals surface area (Å²) in [6.45, 7) is 5.44. The van der Waals surface area contributed by atoms with Gasteiger partial charge in [0.1, 0.15) is 24.9 Å². The lowest BCUT2D eigenvalue weighted by Crippen LogP contribution is -2.44. The van der Waals surface area contributed by atoms with E-state index in [-0.39, 0.29) is 32.0 Å². The third-order valence-electron chi connectivity index (χ3n) is 6.21. The first-order chi connectivity index (χ1) is 18.2. The van der Waals surface area contributed by atoms with Crippen molar-refractivity contribution in [3.63, 3.8) is 0 Å². The minimum Gasteiger partial charge on any atom is -0.463 e. The zero-order chi connectivity index (χ0) is 27.1. The molecule has 0 radical (unpaired) electrons. The van der Waals surface area contributed by atoms with Gasteiger partial charge in [-0.25, -0.2) is 9.59 Å². The van der Waals surface area contributed by atoms with Crippen molar-refractivity contribution in [3.8, 4) is 11.1 Å². The van der Waals surface area contributed by atoms with Gasteiger partial charge in [0, 0.05) is 12.3 Å². The number of amides is 1. The number of alkyl carbamates (subject to hydrolysis) is 1. The van der Waals surface area contributed by atoms with Gasteiger partial charge in [-0.1, -0.05) is 78.9 Å². The molecule has 1 aliphatic carbocycles. The van der Waals surface area contributed by atoms with Crippen molar-refractivity contribution in [2.45, 2.75) is 57.8 Å². The summed E-state index contributed by atoms with van der Waals surface area (Å²) in [5.74, 6) is -1.23. The molecule has 0 unspecified atom stereocenters. The normalized spacial score (nSPS) is 13.1. The highest BCUT2D eigenvalue weighted by Crippen LogP contribution is 2.44. The number of ether oxygens (including phenoxy) is 3. The minimum atomic E-state index is -1.07. The van der Waals surface area contributed by atoms with E-state index in [0.29, 0.717) is 0 Å². The molecule has 3 aromatic carbocycles. The zero-order valence-electron chi connectivity index (χ0n) is 21.9. The summed E-state index contributed by atoms with van der Waals surface area (Å²) in [6.07, 6.45) is -0.810. The fraction of sp³-hybridized carbons (Fsp3) is 0.323. The van der Waals surface area contributed by atoms with Gasteiger partial charge >= 0.3 is 18.0 Å². The smallest absolute Gasteiger partial charge is 0.408 e. The molecular weight excluding hydrogens is 482 g/mol. The van der Waals surface area contributed by atoms with E-state index in [0.717, 1.165) is 27.8 Å². The lowest BCUT2D eigenvalue weighted by atomic mass is 9.98. The van der Waals surface area contributed by atoms with E-state index in [1.54, 1.807) is 20.8 Å². The Hall–Kier alpha value is -4.13. The number of benzene rings is 3. The van der Waals surface area contributed by atoms with Crippen LogP contribution in [0.15, 0.2) is 78.9 Å². The van der Waals surface area contributed by atoms with Crippen molar-refractivity contribution in [3.05, 3.63) is 95.6 Å². The Morgan fingerprint density at radius 3 is 2.00 bits per heavy atom. The molecule has 0 aromatic heterocycles. The van der Waals surface area contributed by atoms with Crippen LogP contribution in [-0.2, 0) is 30.4 Å². The van der Waals surface area contributed by atoms with Crippen LogP contribution in [0.3, 0.4) is 0 Å². The Labute approximate surface area is 223 Å². The first-order valence-electron chi connectivity index (χ1n) is 12.7. The topological polar surface area (TPSA) is 90.9 Å². The van der Waals surface area contributed by atoms with Crippen LogP contribution in [0.1, 0.15) is 56.2 Å². The first-order valence-corrected chi connectivity index (χ1v) is 12.7. The third-order valence-corrected chi connectivity index (χ3v) is 6.21. The molecule has 1 amide bonds. The van der Waals surface area contributed by atoms with E-state index >= 15 is 0 Å². The standard InChI is InChI=1S/C31H33NO6/c1-31(2,3)38-30(35)32-27(17-18-28(33)36-19-21-11-5-4-6-12-21)29(34)37-20-26-24-15-9-7-13-22(24)23-14-8-10-16-25(23)26/h4-16,26-27H,17-20H2,1-3H3,(H,32,35)/t27-/m0/s1. The van der Waals surface area contributed by atoms with Crippen molar-refractivity contribution in [1.29, 1.82) is 0 Å². The average Bonchev–Trinajstić information content (AvgIpc) is 3.21. The van der Waals surface area contributed by atoms with Gasteiger partial charge in [0.15, 0.2) is 0 Å². The van der Waals surface area contributed by atoms with Gasteiger partial charge in [-0.15, -0.1) is 0 Å². The van der Waals surface area contributed by atoms with Gasteiger partial charge in [-0.3, -0.25) is 4.79 Å². The second kappa shape index (κ2) is 11.9. The molecule has 0 aliphatic heterocycles. The summed E-state index contributed by atoms with van der Waals surface area (Å²) in [7, 11) is 0. The van der Waals surface area contributed by atoms with Crippen molar-refractivity contribution in [1.82, 2.24) is 5.32 Å². The van der Waals surface area contributed by atoms with E-state index < -0.39 is 29.7 Å². The molecule has 0 saturated heterocycles. The lowest BCUT2D eigenvalue weighted by molar-refractivity contribution is -0.148. The van der Waals surface area contributed by atoms with E-state index in [1.165, 1.54) is 0 Å². The van der Waals surface area contributed by atoms with Gasteiger partial charge in [-0.05, 0) is 55.0 Å². The quantitative estimate of drug-likeness (QED) is 0.288. The number of esters is 2. The van der Waals surface area contributed by atoms with Crippen molar-refractivity contribution < 1.29 is 28.6 Å². The minimum absolute atomic E-state index is 0.0174. The maximum absolute atomic E-state index is 13.2. The molecular formula is C31H33NO6. The third kappa shape index (κ3) is 7.00. The molecule has 0 bridgehead atoms. The SMILES string of the molecule is CC(C)(C)OC(=O)N[C@@H](CCC(=O)OCc1ccccc1)C(=O)OCC1c2ccccc2-c2ccccc21. The molecule has 0 fully saturated rings. The van der Waals surface area contributed by atoms with Crippen LogP contribution < -0.4 is 5.32 Å². The summed E-state index contributed by atoms with van der Waals surface area (Å²) >= 11 is 0. The Bertz CT molecular complexity index is 1240. The maximum Gasteiger partial charge on any atom is 0.408 e. The predicted octanol–water partition coefficient (Wildman–Crippen LogP) is 5.76. The molecule has 38 heavy (non-hydrogen) atoms. The number of rotatable bonds is 9. The number of fused-ring (bicyclic) bond motifs is 3. The van der Waals surface area contributed by atoms with Crippen LogP contribution >= 0.6 is 0 Å². The molecule has 0 heterocycles. The fourth-order valence-corrected chi connectivity index (χ4v) is 4.48. The molecule has 1 aliphatic rings. The van der Waals surface area contributed by atoms with Gasteiger partial charge in [0.25, 0.3) is 0 Å². The van der Waals surface area contributed by atoms with E-state index in [1.807, 2.05) is 66.7 Å². The van der Waals surface area contributed by atoms with Gasteiger partial charge in [-0.2, -0.15) is 0 Å². The predicted molar refractivity (Wildman–Crippen MR) is 143 cm³/mol. The highest BCUT2D eigenvalue weighted by Gasteiger charge is 2.31. The van der Waals surface area contributed by atoms with Crippen LogP contribution in [0.25, 0.3) is 11.1 Å². The van der Waals surface area contributed by atoms with Crippen molar-refractivity contribution in [2.24, 2.45) is 0 Å². The number of hydrogen-bond donors (Lipinski definition) is 1. The van der Waals surface area contributed by atoms with Crippen molar-refractivity contribution in [2.75, 3.05) is 6.61 Å². The second-order valence-electron chi connectivity index (χ2n) is 10.2. The van der Waals surface area contributed by atoms with Gasteiger partial charge in [0.2, 0.25) is 0 Å². The summed E-state index contributed by atoms with van der Waals surface area (Å²) in [4.78, 5) is 38.0. The fourth-order valence-electron chi connectivity index (χ4n) is 4.48. The van der Waals surface area contributed by atoms with E-state index in [4.69, 9.17) is 14.2 Å². The molecule has 7 nitrogen and oxygen atoms in total. The lowest BCUT2D eigenvalue weighted by Gasteiger charge is -2.23. The molecule has 0 saturated carbocycles. The van der Waals surface area contributed by atoms with Gasteiger partial charge < -0.3 is 19.5 Å². The molecule has 0 spiro atoms. The molecule has 4 rings (SSSR count). The molecule has 1 N–H and O–H groups in total. The van der Waals surface area contributed by atoms with E-state index in [2.05, 4.69) is 17.4 Å². The van der Waals surface area contributed by atoms with Crippen molar-refractivity contribution >= 4 is 18.0 Å². The maximum atomic E-state index is 13.2. The average molecular weight is 516 g/mol. The number of hydrogen-bond acceptors (Lipinski definition) is 6. The van der Waals surface area contributed by atoms with Crippen LogP contribution in [0.2, 0.25) is 0 Å².